The maximum Gasteiger partial charge on any atom is 0.266 e. The minimum atomic E-state index is -4.57. The molecule has 1 aliphatic rings. The van der Waals surface area contributed by atoms with Gasteiger partial charge in [-0.05, 0) is 69.8 Å². The van der Waals surface area contributed by atoms with Gasteiger partial charge >= 0.3 is 0 Å². The average molecular weight is 729 g/mol. The zero-order valence-electron chi connectivity index (χ0n) is 27.5. The molecule has 50 heavy (non-hydrogen) atoms. The molecule has 4 N–H and O–H groups in total. The summed E-state index contributed by atoms with van der Waals surface area (Å²) in [6.45, 7) is 1.48. The summed E-state index contributed by atoms with van der Waals surface area (Å²) in [7, 11) is -8.85. The second-order valence-corrected chi connectivity index (χ2v) is 15.5. The van der Waals surface area contributed by atoms with Crippen molar-refractivity contribution in [2.75, 3.05) is 30.3 Å². The van der Waals surface area contributed by atoms with Gasteiger partial charge in [0.2, 0.25) is 0 Å². The normalized spacial score (nSPS) is 14.3. The van der Waals surface area contributed by atoms with Gasteiger partial charge in [-0.25, -0.2) is 12.7 Å². The predicted octanol–water partition coefficient (Wildman–Crippen LogP) is 0.553. The summed E-state index contributed by atoms with van der Waals surface area (Å²) in [6.07, 6.45) is 0.0211. The summed E-state index contributed by atoms with van der Waals surface area (Å²) in [5.41, 5.74) is 6.12. The van der Waals surface area contributed by atoms with Gasteiger partial charge in [0.15, 0.2) is 5.54 Å². The number of hydrogen-bond acceptors (Lipinski definition) is 12. The Bertz CT molecular complexity index is 1870. The number of nitrogens with zero attached hydrogens (tertiary/aromatic N) is 2. The molecule has 14 nitrogen and oxygen atoms in total. The van der Waals surface area contributed by atoms with E-state index in [0.29, 0.717) is 39.6 Å². The molecule has 0 saturated heterocycles. The van der Waals surface area contributed by atoms with E-state index >= 15 is 4.79 Å². The molecule has 16 heteroatoms. The fraction of sp³-hybridized carbons (Fsp3) is 0.382. The lowest BCUT2D eigenvalue weighted by molar-refractivity contribution is -0.308. The molecule has 0 bridgehead atoms. The van der Waals surface area contributed by atoms with Crippen LogP contribution >= 0.6 is 0 Å². The molecule has 0 radical (unpaired) electrons. The molecule has 0 aromatic heterocycles. The molecule has 4 rings (SSSR count). The van der Waals surface area contributed by atoms with E-state index in [1.54, 1.807) is 72.5 Å². The van der Waals surface area contributed by atoms with Crippen LogP contribution in [-0.4, -0.2) is 75.0 Å². The minimum absolute atomic E-state index is 0.0196. The van der Waals surface area contributed by atoms with E-state index in [-0.39, 0.29) is 37.2 Å². The molecule has 1 amide bonds. The fourth-order valence-electron chi connectivity index (χ4n) is 6.07. The van der Waals surface area contributed by atoms with E-state index in [9.17, 15) is 41.2 Å². The van der Waals surface area contributed by atoms with Gasteiger partial charge in [-0.2, -0.15) is 8.42 Å². The molecule has 1 aliphatic heterocycles. The van der Waals surface area contributed by atoms with Crippen LogP contribution in [0.4, 0.5) is 11.4 Å². The molecule has 0 saturated carbocycles. The lowest BCUT2D eigenvalue weighted by atomic mass is 9.76. The molecule has 270 valence electrons. The van der Waals surface area contributed by atoms with Crippen LogP contribution in [0.15, 0.2) is 77.7 Å². The number of hydrogen-bond donors (Lipinski definition) is 3. The monoisotopic (exact) mass is 728 g/mol. The zero-order valence-corrected chi connectivity index (χ0v) is 29.1. The number of rotatable bonds is 18. The first kappa shape index (κ1) is 38.5. The van der Waals surface area contributed by atoms with E-state index in [2.05, 4.69) is 5.32 Å². The summed E-state index contributed by atoms with van der Waals surface area (Å²) >= 11 is 0. The Kier molecular flexibility index (Phi) is 12.4. The van der Waals surface area contributed by atoms with E-state index in [4.69, 9.17) is 5.73 Å². The quantitative estimate of drug-likeness (QED) is 0.120. The van der Waals surface area contributed by atoms with Crippen LogP contribution in [-0.2, 0) is 40.1 Å². The third kappa shape index (κ3) is 8.68. The number of amides is 1. The second kappa shape index (κ2) is 16.1. The van der Waals surface area contributed by atoms with Gasteiger partial charge in [-0.15, -0.1) is 0 Å². The highest BCUT2D eigenvalue weighted by molar-refractivity contribution is 7.89. The number of anilines is 2. The van der Waals surface area contributed by atoms with Crippen LogP contribution < -0.4 is 26.2 Å². The van der Waals surface area contributed by atoms with Crippen LogP contribution in [0.1, 0.15) is 55.2 Å². The maximum atomic E-state index is 15.3. The van der Waals surface area contributed by atoms with E-state index in [0.717, 1.165) is 5.56 Å². The molecule has 3 aromatic rings. The standard InChI is InChI=1S/C34H42N4O10S2/c1-24-16-18-25(19-17-24)50(47,48)38(22-8-15-31(39)40)33(43)34(36-20-7-6-12-28(35)32(41)42)26-10-2-4-13-29(26)37(21-9-23-49(44,45)46)30-14-5-3-11-27(30)34/h2-5,10-11,13-14,16-19,28,36H,6-9,12,15,20-23,35H2,1H3,(H,39,40)(H,41,42)(H,44,45,46)/p-2/t28-/m0/s1. The highest BCUT2D eigenvalue weighted by atomic mass is 32.2. The van der Waals surface area contributed by atoms with Crippen LogP contribution in [0, 0.1) is 6.92 Å². The number of nitrogens with two attached hydrogens (primary N) is 1. The molecular formula is C34H40N4O10S2-2. The summed E-state index contributed by atoms with van der Waals surface area (Å²) in [6, 6.07) is 18.2. The van der Waals surface area contributed by atoms with Crippen molar-refractivity contribution < 1.29 is 46.0 Å². The third-order valence-corrected chi connectivity index (χ3v) is 11.1. The van der Waals surface area contributed by atoms with Crippen molar-refractivity contribution in [1.29, 1.82) is 0 Å². The van der Waals surface area contributed by atoms with Gasteiger partial charge in [0.05, 0.1) is 16.6 Å². The number of nitrogens with one attached hydrogen (secondary N) is 1. The number of sulfonamides is 1. The number of carboxylic acid groups (broad SMARTS) is 2. The Morgan fingerprint density at radius 3 is 2.00 bits per heavy atom. The third-order valence-electron chi connectivity index (χ3n) is 8.51. The van der Waals surface area contributed by atoms with Crippen LogP contribution in [0.2, 0.25) is 0 Å². The van der Waals surface area contributed by atoms with Crippen LogP contribution in [0.5, 0.6) is 0 Å². The number of aryl methyl sites for hydroxylation is 1. The smallest absolute Gasteiger partial charge is 0.266 e. The number of carboxylic acids is 2. The van der Waals surface area contributed by atoms with Gasteiger partial charge in [0, 0.05) is 47.6 Å². The number of unbranched alkanes of at least 4 members (excludes halogenated alkanes) is 1. The summed E-state index contributed by atoms with van der Waals surface area (Å²) in [4.78, 5) is 39.5. The summed E-state index contributed by atoms with van der Waals surface area (Å²) in [5, 5.41) is 25.9. The van der Waals surface area contributed by atoms with E-state index in [1.807, 2.05) is 0 Å². The lowest BCUT2D eigenvalue weighted by Gasteiger charge is -2.46. The largest absolute Gasteiger partial charge is 0.550 e. The molecule has 1 heterocycles. The van der Waals surface area contributed by atoms with Gasteiger partial charge in [-0.3, -0.25) is 14.7 Å². The molecule has 3 aromatic carbocycles. The Labute approximate surface area is 291 Å². The summed E-state index contributed by atoms with van der Waals surface area (Å²) < 4.78 is 61.9. The Hall–Kier alpha value is -4.35. The van der Waals surface area contributed by atoms with Crippen molar-refractivity contribution in [2.45, 2.75) is 61.9 Å². The highest BCUT2D eigenvalue weighted by Gasteiger charge is 2.52. The van der Waals surface area contributed by atoms with Crippen molar-refractivity contribution in [3.8, 4) is 0 Å². The minimum Gasteiger partial charge on any atom is -0.550 e. The van der Waals surface area contributed by atoms with E-state index in [1.165, 1.54) is 12.1 Å². The maximum absolute atomic E-state index is 15.3. The second-order valence-electron chi connectivity index (χ2n) is 12.1. The van der Waals surface area contributed by atoms with Gasteiger partial charge in [-0.1, -0.05) is 60.5 Å². The number of benzene rings is 3. The van der Waals surface area contributed by atoms with Gasteiger partial charge < -0.3 is 30.4 Å². The molecule has 1 atom stereocenters. The fourth-order valence-corrected chi connectivity index (χ4v) is 8.03. The molecule has 0 unspecified atom stereocenters. The Morgan fingerprint density at radius 1 is 0.880 bits per heavy atom. The van der Waals surface area contributed by atoms with E-state index < -0.39 is 68.3 Å². The van der Waals surface area contributed by atoms with Gasteiger partial charge in [0.1, 0.15) is 0 Å². The Balaban J connectivity index is 1.90. The van der Waals surface area contributed by atoms with Gasteiger partial charge in [0.25, 0.3) is 26.0 Å². The zero-order chi connectivity index (χ0) is 36.7. The van der Waals surface area contributed by atoms with Crippen molar-refractivity contribution in [2.24, 2.45) is 5.73 Å². The first-order valence-corrected chi connectivity index (χ1v) is 19.1. The Morgan fingerprint density at radius 2 is 1.46 bits per heavy atom. The molecule has 0 fully saturated rings. The predicted molar refractivity (Wildman–Crippen MR) is 181 cm³/mol. The van der Waals surface area contributed by atoms with Crippen LogP contribution in [0.3, 0.4) is 0 Å². The van der Waals surface area contributed by atoms with Crippen molar-refractivity contribution in [3.63, 3.8) is 0 Å². The number of fused-ring (bicyclic) bond motifs is 2. The first-order chi connectivity index (χ1) is 23.6. The van der Waals surface area contributed by atoms with Crippen molar-refractivity contribution >= 4 is 49.4 Å². The first-order valence-electron chi connectivity index (χ1n) is 16.1. The molecular weight excluding hydrogens is 689 g/mol. The number of para-hydroxylation sites is 2. The van der Waals surface area contributed by atoms with Crippen molar-refractivity contribution in [1.82, 2.24) is 9.62 Å². The van der Waals surface area contributed by atoms with Crippen LogP contribution in [0.25, 0.3) is 0 Å². The number of carbonyl (C=O) groups is 3. The van der Waals surface area contributed by atoms with Crippen molar-refractivity contribution in [3.05, 3.63) is 89.5 Å². The number of aliphatic carboxylic acids is 2. The number of carbonyl (C=O) groups excluding carboxylic acids is 3. The molecule has 0 spiro atoms. The highest BCUT2D eigenvalue weighted by Crippen LogP contribution is 2.49. The topological polar surface area (TPSA) is 230 Å². The lowest BCUT2D eigenvalue weighted by Crippen LogP contribution is -2.60. The SMILES string of the molecule is Cc1ccc(S(=O)(=O)N(CCCC(=O)[O-])C(=O)C2(NCCCC[C@H](N)C(=O)[O-])c3ccccc3N(CCCS(=O)(=O)O)c3ccccc32)cc1. The summed E-state index contributed by atoms with van der Waals surface area (Å²) in [5.74, 6) is -4.25. The molecule has 0 aliphatic carbocycles. The average Bonchev–Trinajstić information content (AvgIpc) is 3.06.